The Kier molecular flexibility index (Phi) is 4.46. The Bertz CT molecular complexity index is 593. The number of urea groups is 1. The number of benzene rings is 1. The molecule has 1 fully saturated rings. The van der Waals surface area contributed by atoms with E-state index in [1.165, 1.54) is 37.0 Å². The van der Waals surface area contributed by atoms with Crippen molar-refractivity contribution in [2.24, 2.45) is 4.99 Å². The van der Waals surface area contributed by atoms with E-state index in [2.05, 4.69) is 10.3 Å². The Balaban J connectivity index is 2.44. The standard InChI is InChI=1S/C11H11ClN4O3S/c1-13-10(17)14-11-15(4-5-20-11)9-6-7(12)2-3-8(9)16(18)19/h2-3,6H,4-5H2,1H3,(H,13,17). The van der Waals surface area contributed by atoms with Gasteiger partial charge in [-0.3, -0.25) is 10.1 Å². The molecule has 0 unspecified atom stereocenters. The van der Waals surface area contributed by atoms with E-state index in [0.29, 0.717) is 28.2 Å². The van der Waals surface area contributed by atoms with Gasteiger partial charge in [-0.2, -0.15) is 4.99 Å². The molecule has 0 radical (unpaired) electrons. The summed E-state index contributed by atoms with van der Waals surface area (Å²) in [6.45, 7) is 0.529. The van der Waals surface area contributed by atoms with Gasteiger partial charge in [-0.1, -0.05) is 23.4 Å². The van der Waals surface area contributed by atoms with Crippen molar-refractivity contribution >= 4 is 45.9 Å². The number of halogens is 1. The van der Waals surface area contributed by atoms with E-state index < -0.39 is 11.0 Å². The molecule has 2 rings (SSSR count). The number of rotatable bonds is 2. The van der Waals surface area contributed by atoms with Gasteiger partial charge in [0.25, 0.3) is 5.69 Å². The molecule has 1 aromatic rings. The number of carbonyl (C=O) groups excluding carboxylic acids is 1. The molecule has 0 bridgehead atoms. The van der Waals surface area contributed by atoms with E-state index >= 15 is 0 Å². The lowest BCUT2D eigenvalue weighted by molar-refractivity contribution is -0.384. The number of anilines is 1. The normalized spacial score (nSPS) is 16.5. The summed E-state index contributed by atoms with van der Waals surface area (Å²) in [6.07, 6.45) is 0. The van der Waals surface area contributed by atoms with E-state index in [4.69, 9.17) is 11.6 Å². The number of hydrogen-bond acceptors (Lipinski definition) is 4. The highest BCUT2D eigenvalue weighted by molar-refractivity contribution is 8.14. The molecule has 0 saturated carbocycles. The van der Waals surface area contributed by atoms with E-state index in [9.17, 15) is 14.9 Å². The number of thioether (sulfide) groups is 1. The predicted octanol–water partition coefficient (Wildman–Crippen LogP) is 2.50. The van der Waals surface area contributed by atoms with Crippen molar-refractivity contribution in [2.45, 2.75) is 0 Å². The van der Waals surface area contributed by atoms with Gasteiger partial charge in [0, 0.05) is 30.4 Å². The van der Waals surface area contributed by atoms with Crippen molar-refractivity contribution in [2.75, 3.05) is 24.2 Å². The molecule has 106 valence electrons. The largest absolute Gasteiger partial charge is 0.343 e. The highest BCUT2D eigenvalue weighted by Crippen LogP contribution is 2.35. The van der Waals surface area contributed by atoms with E-state index in [-0.39, 0.29) is 5.69 Å². The highest BCUT2D eigenvalue weighted by atomic mass is 35.5. The third-order valence-electron chi connectivity index (χ3n) is 2.61. The molecule has 1 aliphatic rings. The number of hydrogen-bond donors (Lipinski definition) is 1. The first-order chi connectivity index (χ1) is 9.52. The van der Waals surface area contributed by atoms with Crippen LogP contribution in [0.25, 0.3) is 0 Å². The second-order valence-electron chi connectivity index (χ2n) is 3.84. The molecule has 9 heteroatoms. The number of aliphatic imine (C=N–C) groups is 1. The van der Waals surface area contributed by atoms with Crippen molar-refractivity contribution in [3.05, 3.63) is 33.3 Å². The molecule has 1 N–H and O–H groups in total. The van der Waals surface area contributed by atoms with Gasteiger partial charge in [0.15, 0.2) is 5.17 Å². The van der Waals surface area contributed by atoms with Crippen LogP contribution in [0.3, 0.4) is 0 Å². The SMILES string of the molecule is CNC(=O)N=C1SCCN1c1cc(Cl)ccc1[N+](=O)[O-]. The number of amidine groups is 1. The number of nitrogens with zero attached hydrogens (tertiary/aromatic N) is 3. The monoisotopic (exact) mass is 314 g/mol. The summed E-state index contributed by atoms with van der Waals surface area (Å²) in [7, 11) is 1.47. The van der Waals surface area contributed by atoms with Gasteiger partial charge in [-0.15, -0.1) is 0 Å². The Hall–Kier alpha value is -1.80. The third kappa shape index (κ3) is 3.02. The van der Waals surface area contributed by atoms with Gasteiger partial charge >= 0.3 is 6.03 Å². The average molecular weight is 315 g/mol. The maximum absolute atomic E-state index is 11.3. The lowest BCUT2D eigenvalue weighted by atomic mass is 10.2. The van der Waals surface area contributed by atoms with Gasteiger partial charge in [-0.05, 0) is 12.1 Å². The molecule has 20 heavy (non-hydrogen) atoms. The molecule has 1 saturated heterocycles. The summed E-state index contributed by atoms with van der Waals surface area (Å²) < 4.78 is 0. The fourth-order valence-corrected chi connectivity index (χ4v) is 2.84. The minimum atomic E-state index is -0.496. The van der Waals surface area contributed by atoms with Crippen LogP contribution in [0, 0.1) is 10.1 Å². The molecule has 7 nitrogen and oxygen atoms in total. The van der Waals surface area contributed by atoms with Crippen LogP contribution in [0.15, 0.2) is 23.2 Å². The maximum Gasteiger partial charge on any atom is 0.343 e. The molecule has 0 spiro atoms. The fourth-order valence-electron chi connectivity index (χ4n) is 1.73. The van der Waals surface area contributed by atoms with Crippen molar-refractivity contribution in [3.63, 3.8) is 0 Å². The molecule has 1 aliphatic heterocycles. The highest BCUT2D eigenvalue weighted by Gasteiger charge is 2.28. The van der Waals surface area contributed by atoms with Gasteiger partial charge in [0.1, 0.15) is 5.69 Å². The Morgan fingerprint density at radius 1 is 1.60 bits per heavy atom. The first kappa shape index (κ1) is 14.6. The van der Waals surface area contributed by atoms with Gasteiger partial charge < -0.3 is 10.2 Å². The minimum Gasteiger partial charge on any atom is -0.339 e. The molecular weight excluding hydrogens is 304 g/mol. The first-order valence-corrected chi connectivity index (χ1v) is 7.04. The topological polar surface area (TPSA) is 87.8 Å². The van der Waals surface area contributed by atoms with E-state index in [1.54, 1.807) is 4.90 Å². The Morgan fingerprint density at radius 3 is 3.00 bits per heavy atom. The number of nitrogens with one attached hydrogen (secondary N) is 1. The number of nitro benzene ring substituents is 1. The van der Waals surface area contributed by atoms with Crippen LogP contribution < -0.4 is 10.2 Å². The van der Waals surface area contributed by atoms with Crippen LogP contribution in [0.2, 0.25) is 5.02 Å². The van der Waals surface area contributed by atoms with E-state index in [1.807, 2.05) is 0 Å². The summed E-state index contributed by atoms with van der Waals surface area (Å²) in [5, 5.41) is 14.3. The number of nitro groups is 1. The quantitative estimate of drug-likeness (QED) is 0.669. The van der Waals surface area contributed by atoms with Crippen LogP contribution in [0.4, 0.5) is 16.2 Å². The summed E-state index contributed by atoms with van der Waals surface area (Å²) in [5.74, 6) is 0.694. The van der Waals surface area contributed by atoms with Crippen LogP contribution >= 0.6 is 23.4 Å². The summed E-state index contributed by atoms with van der Waals surface area (Å²) >= 11 is 7.27. The van der Waals surface area contributed by atoms with Crippen molar-refractivity contribution in [1.82, 2.24) is 5.32 Å². The van der Waals surface area contributed by atoms with Gasteiger partial charge in [0.05, 0.1) is 4.92 Å². The van der Waals surface area contributed by atoms with E-state index in [0.717, 1.165) is 0 Å². The fraction of sp³-hybridized carbons (Fsp3) is 0.273. The van der Waals surface area contributed by atoms with Crippen molar-refractivity contribution in [1.29, 1.82) is 0 Å². The molecule has 1 heterocycles. The van der Waals surface area contributed by atoms with Crippen molar-refractivity contribution in [3.8, 4) is 0 Å². The maximum atomic E-state index is 11.3. The van der Waals surface area contributed by atoms with Crippen LogP contribution in [-0.2, 0) is 0 Å². The zero-order chi connectivity index (χ0) is 14.7. The van der Waals surface area contributed by atoms with Gasteiger partial charge in [-0.25, -0.2) is 4.79 Å². The first-order valence-electron chi connectivity index (χ1n) is 5.67. The smallest absolute Gasteiger partial charge is 0.339 e. The average Bonchev–Trinajstić information content (AvgIpc) is 2.86. The zero-order valence-corrected chi connectivity index (χ0v) is 12.1. The van der Waals surface area contributed by atoms with Crippen LogP contribution in [0.5, 0.6) is 0 Å². The molecule has 0 aliphatic carbocycles. The molecule has 1 aromatic carbocycles. The number of carbonyl (C=O) groups is 1. The van der Waals surface area contributed by atoms with Crippen molar-refractivity contribution < 1.29 is 9.72 Å². The predicted molar refractivity (Wildman–Crippen MR) is 79.8 cm³/mol. The zero-order valence-electron chi connectivity index (χ0n) is 10.5. The molecule has 0 atom stereocenters. The molecule has 0 aromatic heterocycles. The lowest BCUT2D eigenvalue weighted by Crippen LogP contribution is -2.27. The summed E-state index contributed by atoms with van der Waals surface area (Å²) in [6, 6.07) is 3.81. The van der Waals surface area contributed by atoms with Gasteiger partial charge in [0.2, 0.25) is 0 Å². The minimum absolute atomic E-state index is 0.0680. The van der Waals surface area contributed by atoms with Crippen LogP contribution in [-0.4, -0.2) is 35.5 Å². The second-order valence-corrected chi connectivity index (χ2v) is 5.34. The third-order valence-corrected chi connectivity index (χ3v) is 3.80. The lowest BCUT2D eigenvalue weighted by Gasteiger charge is -2.17. The summed E-state index contributed by atoms with van der Waals surface area (Å²) in [5.41, 5.74) is 0.275. The molecule has 2 amide bonds. The number of amides is 2. The Labute approximate surface area is 124 Å². The van der Waals surface area contributed by atoms with Crippen LogP contribution in [0.1, 0.15) is 0 Å². The second kappa shape index (κ2) is 6.10. The Morgan fingerprint density at radius 2 is 2.35 bits per heavy atom. The molecular formula is C11H11ClN4O3S. The summed E-state index contributed by atoms with van der Waals surface area (Å²) in [4.78, 5) is 27.4.